The first kappa shape index (κ1) is 35.9. The first-order valence-electron chi connectivity index (χ1n) is 16.1. The molecule has 2 amide bonds. The third-order valence-electron chi connectivity index (χ3n) is 9.32. The molecular formula is C35H49N3O8Si. The number of carbonyl (C=O) groups is 2. The maximum Gasteiger partial charge on any atom is 0.411 e. The van der Waals surface area contributed by atoms with E-state index >= 15 is 0 Å². The van der Waals surface area contributed by atoms with Crippen LogP contribution in [0.1, 0.15) is 78.0 Å². The fourth-order valence-corrected chi connectivity index (χ4v) is 7.95. The quantitative estimate of drug-likeness (QED) is 0.171. The van der Waals surface area contributed by atoms with Crippen LogP contribution in [-0.4, -0.2) is 66.5 Å². The average Bonchev–Trinajstić information content (AvgIpc) is 3.28. The Hall–Kier alpha value is -3.90. The SMILES string of the molecule is C[SiH](C)OC1CCN(C(=O)OC(C)(C)C)[C@@]1(C)C1=C(O)C[C@@](CNC(=O)OCc2ccc([N+](=O)[O-])cc2)(C(C)(C)C)c2ccccc21. The van der Waals surface area contributed by atoms with Gasteiger partial charge in [0.2, 0.25) is 0 Å². The number of nitro groups is 1. The monoisotopic (exact) mass is 667 g/mol. The number of nitro benzene ring substituents is 1. The predicted molar refractivity (Wildman–Crippen MR) is 183 cm³/mol. The standard InChI is InChI=1S/C35H49N3O8Si/c1-32(2,3)35(22-36-30(40)44-21-23-14-16-24(17-15-23)38(42)43)20-27(39)29(25-12-10-11-13-26(25)35)34(7)28(46-47(8)9)18-19-37(34)31(41)45-33(4,5)6/h10-17,28,39,47H,18-22H2,1-9H3,(H,36,40)/t28?,34-,35+/m1/s1. The summed E-state index contributed by atoms with van der Waals surface area (Å²) in [6.45, 7) is 18.4. The lowest BCUT2D eigenvalue weighted by molar-refractivity contribution is -0.384. The van der Waals surface area contributed by atoms with E-state index in [2.05, 4.69) is 39.2 Å². The Bertz CT molecular complexity index is 1530. The number of ether oxygens (including phenoxy) is 2. The summed E-state index contributed by atoms with van der Waals surface area (Å²) in [6.07, 6.45) is -0.643. The van der Waals surface area contributed by atoms with Gasteiger partial charge < -0.3 is 24.3 Å². The van der Waals surface area contributed by atoms with Gasteiger partial charge >= 0.3 is 12.2 Å². The number of non-ortho nitro benzene ring substituents is 1. The Balaban J connectivity index is 1.70. The zero-order valence-electron chi connectivity index (χ0n) is 29.0. The summed E-state index contributed by atoms with van der Waals surface area (Å²) in [6, 6.07) is 13.7. The fourth-order valence-electron chi connectivity index (χ4n) is 6.89. The molecule has 12 heteroatoms. The molecule has 1 saturated heterocycles. The van der Waals surface area contributed by atoms with E-state index in [4.69, 9.17) is 13.9 Å². The Labute approximate surface area is 279 Å². The van der Waals surface area contributed by atoms with Gasteiger partial charge in [0.25, 0.3) is 5.69 Å². The van der Waals surface area contributed by atoms with Crippen molar-refractivity contribution >= 4 is 32.5 Å². The molecule has 0 spiro atoms. The van der Waals surface area contributed by atoms with Gasteiger partial charge in [-0.2, -0.15) is 0 Å². The van der Waals surface area contributed by atoms with Gasteiger partial charge in [0.05, 0.1) is 22.3 Å². The molecule has 1 heterocycles. The molecule has 0 aromatic heterocycles. The summed E-state index contributed by atoms with van der Waals surface area (Å²) in [4.78, 5) is 38.9. The first-order valence-corrected chi connectivity index (χ1v) is 18.9. The van der Waals surface area contributed by atoms with Gasteiger partial charge in [-0.05, 0) is 81.4 Å². The lowest BCUT2D eigenvalue weighted by Crippen LogP contribution is -2.57. The molecule has 11 nitrogen and oxygen atoms in total. The number of allylic oxidation sites excluding steroid dienone is 1. The van der Waals surface area contributed by atoms with E-state index in [1.165, 1.54) is 12.1 Å². The lowest BCUT2D eigenvalue weighted by Gasteiger charge is -2.51. The molecule has 0 radical (unpaired) electrons. The number of fused-ring (bicyclic) bond motifs is 1. The van der Waals surface area contributed by atoms with Crippen molar-refractivity contribution in [3.8, 4) is 0 Å². The summed E-state index contributed by atoms with van der Waals surface area (Å²) in [7, 11) is -1.56. The maximum atomic E-state index is 13.7. The highest BCUT2D eigenvalue weighted by atomic mass is 28.3. The Morgan fingerprint density at radius 1 is 1.09 bits per heavy atom. The number of hydrogen-bond donors (Lipinski definition) is 2. The van der Waals surface area contributed by atoms with E-state index in [0.29, 0.717) is 24.1 Å². The lowest BCUT2D eigenvalue weighted by atomic mass is 9.56. The highest BCUT2D eigenvalue weighted by Crippen LogP contribution is 2.56. The zero-order chi connectivity index (χ0) is 34.9. The number of nitrogens with zero attached hydrogens (tertiary/aromatic N) is 2. The topological polar surface area (TPSA) is 140 Å². The zero-order valence-corrected chi connectivity index (χ0v) is 30.2. The summed E-state index contributed by atoms with van der Waals surface area (Å²) in [5.41, 5.74) is 0.0267. The molecule has 256 valence electrons. The molecule has 2 aromatic carbocycles. The molecule has 2 N–H and O–H groups in total. The van der Waals surface area contributed by atoms with E-state index in [1.54, 1.807) is 17.0 Å². The van der Waals surface area contributed by atoms with Crippen LogP contribution in [0, 0.1) is 15.5 Å². The van der Waals surface area contributed by atoms with Crippen molar-refractivity contribution in [3.63, 3.8) is 0 Å². The molecule has 3 atom stereocenters. The van der Waals surface area contributed by atoms with Crippen molar-refractivity contribution in [2.75, 3.05) is 13.1 Å². The number of nitrogens with one attached hydrogen (secondary N) is 1. The number of rotatable bonds is 8. The van der Waals surface area contributed by atoms with E-state index in [9.17, 15) is 24.8 Å². The minimum absolute atomic E-state index is 0.0432. The van der Waals surface area contributed by atoms with E-state index in [1.807, 2.05) is 52.0 Å². The molecule has 2 aliphatic rings. The number of benzene rings is 2. The molecule has 1 unspecified atom stereocenters. The number of likely N-dealkylation sites (tertiary alicyclic amines) is 1. The Morgan fingerprint density at radius 2 is 1.72 bits per heavy atom. The van der Waals surface area contributed by atoms with Crippen molar-refractivity contribution < 1.29 is 33.5 Å². The van der Waals surface area contributed by atoms with Crippen molar-refractivity contribution in [2.24, 2.45) is 5.41 Å². The van der Waals surface area contributed by atoms with Crippen LogP contribution >= 0.6 is 0 Å². The summed E-state index contributed by atoms with van der Waals surface area (Å²) >= 11 is 0. The largest absolute Gasteiger partial charge is 0.512 e. The van der Waals surface area contributed by atoms with Crippen LogP contribution in [0.3, 0.4) is 0 Å². The van der Waals surface area contributed by atoms with Crippen molar-refractivity contribution in [1.82, 2.24) is 10.2 Å². The van der Waals surface area contributed by atoms with Gasteiger partial charge in [0, 0.05) is 42.6 Å². The molecule has 47 heavy (non-hydrogen) atoms. The summed E-state index contributed by atoms with van der Waals surface area (Å²) in [5.74, 6) is 0.136. The predicted octanol–water partition coefficient (Wildman–Crippen LogP) is 7.25. The van der Waals surface area contributed by atoms with Gasteiger partial charge in [0.1, 0.15) is 12.2 Å². The number of aliphatic hydroxyl groups excluding tert-OH is 1. The van der Waals surface area contributed by atoms with Gasteiger partial charge in [-0.1, -0.05) is 45.0 Å². The van der Waals surface area contributed by atoms with Gasteiger partial charge in [-0.3, -0.25) is 15.0 Å². The third-order valence-corrected chi connectivity index (χ3v) is 10.2. The molecular weight excluding hydrogens is 618 g/mol. The first-order chi connectivity index (χ1) is 21.8. The molecule has 1 aliphatic heterocycles. The number of amides is 2. The minimum atomic E-state index is -1.56. The minimum Gasteiger partial charge on any atom is -0.512 e. The smallest absolute Gasteiger partial charge is 0.411 e. The Kier molecular flexibility index (Phi) is 10.2. The van der Waals surface area contributed by atoms with Crippen LogP contribution in [0.25, 0.3) is 5.57 Å². The second-order valence-electron chi connectivity index (χ2n) is 15.0. The molecule has 1 fully saturated rings. The van der Waals surface area contributed by atoms with Crippen LogP contribution in [-0.2, 0) is 25.9 Å². The molecule has 1 aliphatic carbocycles. The van der Waals surface area contributed by atoms with Gasteiger partial charge in [-0.15, -0.1) is 0 Å². The third kappa shape index (κ3) is 7.33. The van der Waals surface area contributed by atoms with Crippen LogP contribution in [0.15, 0.2) is 54.3 Å². The number of hydrogen-bond acceptors (Lipinski definition) is 8. The van der Waals surface area contributed by atoms with Crippen molar-refractivity contribution in [1.29, 1.82) is 0 Å². The fraction of sp³-hybridized carbons (Fsp3) is 0.543. The van der Waals surface area contributed by atoms with E-state index in [-0.39, 0.29) is 37.1 Å². The maximum absolute atomic E-state index is 13.7. The van der Waals surface area contributed by atoms with Gasteiger partial charge in [0.15, 0.2) is 9.04 Å². The summed E-state index contributed by atoms with van der Waals surface area (Å²) in [5, 5.41) is 26.1. The highest BCUT2D eigenvalue weighted by molar-refractivity contribution is 6.48. The molecule has 0 bridgehead atoms. The number of carbonyl (C=O) groups excluding carboxylic acids is 2. The number of aliphatic hydroxyl groups is 1. The second-order valence-corrected chi connectivity index (χ2v) is 17.3. The van der Waals surface area contributed by atoms with Crippen LogP contribution in [0.4, 0.5) is 15.3 Å². The molecule has 4 rings (SSSR count). The van der Waals surface area contributed by atoms with Crippen LogP contribution in [0.5, 0.6) is 0 Å². The van der Waals surface area contributed by atoms with Gasteiger partial charge in [-0.25, -0.2) is 9.59 Å². The number of alkyl carbamates (subject to hydrolysis) is 1. The molecule has 2 aromatic rings. The summed E-state index contributed by atoms with van der Waals surface area (Å²) < 4.78 is 17.9. The Morgan fingerprint density at radius 3 is 2.30 bits per heavy atom. The van der Waals surface area contributed by atoms with Crippen molar-refractivity contribution in [3.05, 3.63) is 81.1 Å². The second kappa shape index (κ2) is 13.3. The highest BCUT2D eigenvalue weighted by Gasteiger charge is 2.57. The van der Waals surface area contributed by atoms with Crippen molar-refractivity contribution in [2.45, 2.75) is 104 Å². The molecule has 0 saturated carbocycles. The normalized spacial score (nSPS) is 23.0. The van der Waals surface area contributed by atoms with Crippen LogP contribution in [0.2, 0.25) is 13.1 Å². The van der Waals surface area contributed by atoms with Crippen LogP contribution < -0.4 is 5.32 Å². The van der Waals surface area contributed by atoms with E-state index < -0.39 is 48.1 Å². The van der Waals surface area contributed by atoms with E-state index in [0.717, 1.165) is 11.1 Å². The average molecular weight is 668 g/mol.